The molecule has 0 aliphatic carbocycles. The van der Waals surface area contributed by atoms with Crippen LogP contribution in [0.3, 0.4) is 0 Å². The van der Waals surface area contributed by atoms with E-state index in [9.17, 15) is 4.79 Å². The van der Waals surface area contributed by atoms with E-state index in [4.69, 9.17) is 4.42 Å². The highest BCUT2D eigenvalue weighted by Gasteiger charge is 2.06. The molecule has 1 N–H and O–H groups in total. The molecule has 0 fully saturated rings. The predicted molar refractivity (Wildman–Crippen MR) is 81.8 cm³/mol. The summed E-state index contributed by atoms with van der Waals surface area (Å²) in [6.45, 7) is 0.468. The summed E-state index contributed by atoms with van der Waals surface area (Å²) in [5.41, 5.74) is 3.84. The van der Waals surface area contributed by atoms with Gasteiger partial charge in [-0.05, 0) is 29.3 Å². The van der Waals surface area contributed by atoms with Crippen LogP contribution in [0.4, 0.5) is 0 Å². The molecule has 0 spiro atoms. The molecule has 3 nitrogen and oxygen atoms in total. The fourth-order valence-electron chi connectivity index (χ4n) is 2.12. The molecule has 3 rings (SSSR count). The van der Waals surface area contributed by atoms with Crippen LogP contribution in [-0.2, 0) is 6.54 Å². The lowest BCUT2D eigenvalue weighted by molar-refractivity contribution is 0.0951. The molecule has 0 radical (unpaired) electrons. The van der Waals surface area contributed by atoms with Crippen LogP contribution in [-0.4, -0.2) is 5.91 Å². The summed E-state index contributed by atoms with van der Waals surface area (Å²) in [6.07, 6.45) is 3.22. The van der Waals surface area contributed by atoms with E-state index in [1.54, 1.807) is 12.5 Å². The van der Waals surface area contributed by atoms with Gasteiger partial charge >= 0.3 is 0 Å². The van der Waals surface area contributed by atoms with Gasteiger partial charge in [0, 0.05) is 17.7 Å². The number of furan rings is 1. The molecule has 1 heterocycles. The monoisotopic (exact) mass is 277 g/mol. The topological polar surface area (TPSA) is 42.2 Å². The molecular formula is C18H15NO2. The fraction of sp³-hybridized carbons (Fsp3) is 0.0556. The van der Waals surface area contributed by atoms with Crippen LogP contribution in [0.15, 0.2) is 77.6 Å². The van der Waals surface area contributed by atoms with Crippen LogP contribution in [0.5, 0.6) is 0 Å². The van der Waals surface area contributed by atoms with Gasteiger partial charge in [0.05, 0.1) is 12.5 Å². The largest absolute Gasteiger partial charge is 0.472 e. The van der Waals surface area contributed by atoms with Crippen molar-refractivity contribution in [2.75, 3.05) is 0 Å². The molecule has 0 bridgehead atoms. The highest BCUT2D eigenvalue weighted by molar-refractivity contribution is 5.94. The quantitative estimate of drug-likeness (QED) is 0.786. The third-order valence-electron chi connectivity index (χ3n) is 3.29. The van der Waals surface area contributed by atoms with Gasteiger partial charge in [-0.15, -0.1) is 0 Å². The van der Waals surface area contributed by atoms with Gasteiger partial charge in [-0.1, -0.05) is 42.5 Å². The smallest absolute Gasteiger partial charge is 0.251 e. The van der Waals surface area contributed by atoms with Crippen LogP contribution >= 0.6 is 0 Å². The summed E-state index contributed by atoms with van der Waals surface area (Å²) in [5.74, 6) is -0.0872. The van der Waals surface area contributed by atoms with Crippen molar-refractivity contribution in [3.05, 3.63) is 84.3 Å². The summed E-state index contributed by atoms with van der Waals surface area (Å²) < 4.78 is 4.97. The second kappa shape index (κ2) is 6.09. The van der Waals surface area contributed by atoms with E-state index >= 15 is 0 Å². The van der Waals surface area contributed by atoms with E-state index in [1.165, 1.54) is 0 Å². The normalized spacial score (nSPS) is 10.3. The lowest BCUT2D eigenvalue weighted by atomic mass is 10.0. The average Bonchev–Trinajstić information content (AvgIpc) is 3.07. The molecule has 0 atom stereocenters. The zero-order valence-electron chi connectivity index (χ0n) is 11.5. The Labute approximate surface area is 123 Å². The number of carbonyl (C=O) groups excluding carboxylic acids is 1. The maximum absolute atomic E-state index is 12.0. The predicted octanol–water partition coefficient (Wildman–Crippen LogP) is 3.88. The minimum atomic E-state index is -0.0872. The van der Waals surface area contributed by atoms with Gasteiger partial charge in [-0.2, -0.15) is 0 Å². The summed E-state index contributed by atoms with van der Waals surface area (Å²) in [7, 11) is 0. The molecule has 3 heteroatoms. The van der Waals surface area contributed by atoms with Crippen molar-refractivity contribution in [3.63, 3.8) is 0 Å². The molecule has 21 heavy (non-hydrogen) atoms. The number of amides is 1. The van der Waals surface area contributed by atoms with E-state index in [0.717, 1.165) is 16.7 Å². The Morgan fingerprint density at radius 2 is 1.62 bits per heavy atom. The molecular weight excluding hydrogens is 262 g/mol. The minimum Gasteiger partial charge on any atom is -0.472 e. The van der Waals surface area contributed by atoms with Crippen LogP contribution in [0.25, 0.3) is 11.1 Å². The minimum absolute atomic E-state index is 0.0872. The first-order chi connectivity index (χ1) is 10.3. The molecule has 1 amide bonds. The molecule has 0 saturated carbocycles. The second-order valence-corrected chi connectivity index (χ2v) is 4.76. The van der Waals surface area contributed by atoms with Crippen molar-refractivity contribution >= 4 is 5.91 Å². The number of carbonyl (C=O) groups is 1. The van der Waals surface area contributed by atoms with Crippen LogP contribution in [0, 0.1) is 0 Å². The van der Waals surface area contributed by atoms with Crippen molar-refractivity contribution in [2.24, 2.45) is 0 Å². The molecule has 104 valence electrons. The Morgan fingerprint density at radius 3 is 2.29 bits per heavy atom. The highest BCUT2D eigenvalue weighted by Crippen LogP contribution is 2.19. The Bertz CT molecular complexity index is 701. The van der Waals surface area contributed by atoms with Crippen LogP contribution in [0.1, 0.15) is 15.9 Å². The molecule has 0 unspecified atom stereocenters. The third-order valence-corrected chi connectivity index (χ3v) is 3.29. The second-order valence-electron chi connectivity index (χ2n) is 4.76. The van der Waals surface area contributed by atoms with Gasteiger partial charge in [0.2, 0.25) is 0 Å². The lowest BCUT2D eigenvalue weighted by Crippen LogP contribution is -2.22. The van der Waals surface area contributed by atoms with Crippen molar-refractivity contribution in [1.29, 1.82) is 0 Å². The molecule has 2 aromatic carbocycles. The van der Waals surface area contributed by atoms with E-state index in [1.807, 2.05) is 60.7 Å². The number of hydrogen-bond acceptors (Lipinski definition) is 2. The fourth-order valence-corrected chi connectivity index (χ4v) is 2.12. The molecule has 3 aromatic rings. The Morgan fingerprint density at radius 1 is 0.905 bits per heavy atom. The third kappa shape index (κ3) is 3.20. The van der Waals surface area contributed by atoms with Crippen LogP contribution in [0.2, 0.25) is 0 Å². The SMILES string of the molecule is O=C(NCc1ccoc1)c1ccc(-c2ccccc2)cc1. The van der Waals surface area contributed by atoms with Crippen LogP contribution < -0.4 is 5.32 Å². The van der Waals surface area contributed by atoms with Gasteiger partial charge in [0.15, 0.2) is 0 Å². The molecule has 0 saturated heterocycles. The first-order valence-corrected chi connectivity index (χ1v) is 6.78. The highest BCUT2D eigenvalue weighted by atomic mass is 16.3. The van der Waals surface area contributed by atoms with Gasteiger partial charge in [-0.3, -0.25) is 4.79 Å². The summed E-state index contributed by atoms with van der Waals surface area (Å²) >= 11 is 0. The Kier molecular flexibility index (Phi) is 3.83. The number of nitrogens with one attached hydrogen (secondary N) is 1. The molecule has 0 aliphatic heterocycles. The first kappa shape index (κ1) is 13.2. The van der Waals surface area contributed by atoms with Crippen molar-refractivity contribution in [3.8, 4) is 11.1 Å². The zero-order chi connectivity index (χ0) is 14.5. The summed E-state index contributed by atoms with van der Waals surface area (Å²) in [6, 6.07) is 19.5. The maximum atomic E-state index is 12.0. The van der Waals surface area contributed by atoms with E-state index in [-0.39, 0.29) is 5.91 Å². The maximum Gasteiger partial charge on any atom is 0.251 e. The van der Waals surface area contributed by atoms with E-state index in [0.29, 0.717) is 12.1 Å². The summed E-state index contributed by atoms with van der Waals surface area (Å²) in [5, 5.41) is 2.86. The van der Waals surface area contributed by atoms with E-state index in [2.05, 4.69) is 5.32 Å². The van der Waals surface area contributed by atoms with Gasteiger partial charge in [-0.25, -0.2) is 0 Å². The van der Waals surface area contributed by atoms with Gasteiger partial charge in [0.25, 0.3) is 5.91 Å². The number of hydrogen-bond donors (Lipinski definition) is 1. The van der Waals surface area contributed by atoms with Crippen molar-refractivity contribution < 1.29 is 9.21 Å². The number of benzene rings is 2. The zero-order valence-corrected chi connectivity index (χ0v) is 11.5. The molecule has 1 aromatic heterocycles. The number of rotatable bonds is 4. The standard InChI is InChI=1S/C18H15NO2/c20-18(19-12-14-10-11-21-13-14)17-8-6-16(7-9-17)15-4-2-1-3-5-15/h1-11,13H,12H2,(H,19,20). The summed E-state index contributed by atoms with van der Waals surface area (Å²) in [4.78, 5) is 12.0. The Hall–Kier alpha value is -2.81. The van der Waals surface area contributed by atoms with E-state index < -0.39 is 0 Å². The van der Waals surface area contributed by atoms with Crippen molar-refractivity contribution in [1.82, 2.24) is 5.32 Å². The average molecular weight is 277 g/mol. The van der Waals surface area contributed by atoms with Crippen molar-refractivity contribution in [2.45, 2.75) is 6.54 Å². The Balaban J connectivity index is 1.67. The lowest BCUT2D eigenvalue weighted by Gasteiger charge is -2.05. The van der Waals surface area contributed by atoms with Gasteiger partial charge in [0.1, 0.15) is 0 Å². The molecule has 0 aliphatic rings. The van der Waals surface area contributed by atoms with Gasteiger partial charge < -0.3 is 9.73 Å². The first-order valence-electron chi connectivity index (χ1n) is 6.78.